The largest absolute Gasteiger partial charge is 0.379 e. The Bertz CT molecular complexity index is 2920. The summed E-state index contributed by atoms with van der Waals surface area (Å²) in [4.78, 5) is 136. The summed E-state index contributed by atoms with van der Waals surface area (Å²) in [5.74, 6) is 4.55. The molecule has 0 bridgehead atoms. The van der Waals surface area contributed by atoms with E-state index in [1.165, 1.54) is 0 Å². The fourth-order valence-corrected chi connectivity index (χ4v) is 18.2. The zero-order valence-corrected chi connectivity index (χ0v) is 64.1. The number of anilines is 4. The zero-order valence-electron chi connectivity index (χ0n) is 62.5. The lowest BCUT2D eigenvalue weighted by Crippen LogP contribution is -2.41. The number of benzene rings is 1. The van der Waals surface area contributed by atoms with Crippen molar-refractivity contribution in [3.8, 4) is 0 Å². The smallest absolute Gasteiger partial charge is 0.315 e. The lowest BCUT2D eigenvalue weighted by molar-refractivity contribution is -0.121. The Morgan fingerprint density at radius 1 is 0.429 bits per heavy atom. The number of carbonyl (C=O) groups excluding carboxylic acids is 9. The van der Waals surface area contributed by atoms with Crippen LogP contribution < -0.4 is 41.3 Å². The highest BCUT2D eigenvalue weighted by Crippen LogP contribution is 2.36. The van der Waals surface area contributed by atoms with Crippen LogP contribution in [0, 0.1) is 17.8 Å². The third-order valence-corrected chi connectivity index (χ3v) is 24.2. The van der Waals surface area contributed by atoms with E-state index < -0.39 is 0 Å². The van der Waals surface area contributed by atoms with Crippen LogP contribution in [0.5, 0.6) is 0 Å². The van der Waals surface area contributed by atoms with Gasteiger partial charge in [0.05, 0.1) is 77.0 Å². The average molecular weight is 1500 g/mol. The Morgan fingerprint density at radius 2 is 0.762 bits per heavy atom. The number of hydrogen-bond acceptors (Lipinski definition) is 23. The van der Waals surface area contributed by atoms with Crippen molar-refractivity contribution in [3.05, 3.63) is 29.3 Å². The summed E-state index contributed by atoms with van der Waals surface area (Å²) < 4.78 is 34.5. The predicted molar refractivity (Wildman–Crippen MR) is 407 cm³/mol. The molecule has 1 aromatic heterocycles. The lowest BCUT2D eigenvalue weighted by atomic mass is 9.92. The molecule has 2 aromatic rings. The third-order valence-electron chi connectivity index (χ3n) is 21.2. The zero-order chi connectivity index (χ0) is 74.0. The Balaban J connectivity index is 0.659. The maximum atomic E-state index is 14.2. The van der Waals surface area contributed by atoms with Crippen LogP contribution >= 0.6 is 23.5 Å². The molecular weight excluding hydrogens is 1380 g/mol. The van der Waals surface area contributed by atoms with Crippen molar-refractivity contribution in [2.75, 3.05) is 150 Å². The first-order valence-electron chi connectivity index (χ1n) is 39.5. The maximum Gasteiger partial charge on any atom is 0.315 e. The van der Waals surface area contributed by atoms with E-state index in [9.17, 15) is 43.2 Å². The second kappa shape index (κ2) is 45.8. The molecule has 8 heterocycles. The summed E-state index contributed by atoms with van der Waals surface area (Å²) in [7, 11) is 0. The number of hydrogen-bond donors (Lipinski definition) is 5. The molecule has 0 radical (unpaired) electrons. The van der Waals surface area contributed by atoms with Gasteiger partial charge in [-0.05, 0) is 159 Å². The number of aromatic nitrogens is 3. The van der Waals surface area contributed by atoms with Gasteiger partial charge in [0.15, 0.2) is 11.6 Å². The van der Waals surface area contributed by atoms with Crippen LogP contribution in [0.4, 0.5) is 33.1 Å². The molecule has 105 heavy (non-hydrogen) atoms. The van der Waals surface area contributed by atoms with Gasteiger partial charge < -0.3 is 79.3 Å². The number of piperidine rings is 3. The normalized spacial score (nSPS) is 21.3. The molecule has 7 aliphatic rings. The minimum atomic E-state index is -0.349. The number of urea groups is 2. The summed E-state index contributed by atoms with van der Waals surface area (Å²) in [6.45, 7) is 12.8. The van der Waals surface area contributed by atoms with Gasteiger partial charge in [-0.2, -0.15) is 38.5 Å². The monoisotopic (exact) mass is 1500 g/mol. The lowest BCUT2D eigenvalue weighted by Gasteiger charge is -2.36. The predicted octanol–water partition coefficient (Wildman–Crippen LogP) is 9.85. The fourth-order valence-electron chi connectivity index (χ4n) is 15.1. The molecule has 28 heteroatoms. The van der Waals surface area contributed by atoms with Crippen LogP contribution in [-0.4, -0.2) is 232 Å². The second-order valence-corrected chi connectivity index (χ2v) is 32.2. The van der Waals surface area contributed by atoms with Gasteiger partial charge in [0, 0.05) is 162 Å². The van der Waals surface area contributed by atoms with E-state index in [0.29, 0.717) is 238 Å². The van der Waals surface area contributed by atoms with Gasteiger partial charge in [0.2, 0.25) is 23.8 Å². The molecule has 9 rings (SSSR count). The molecular formula is C77H119N11O15S2. The van der Waals surface area contributed by atoms with Gasteiger partial charge in [0.1, 0.15) is 23.1 Å². The molecule has 7 aliphatic heterocycles. The molecule has 0 aliphatic carbocycles. The fraction of sp³-hybridized carbons (Fsp3) is 0.766. The summed E-state index contributed by atoms with van der Waals surface area (Å²) >= 11 is 3.81. The molecule has 5 amide bonds. The number of Topliss-reactive ketones (excluding diaryl/α,β-unsaturated/α-hetero) is 6. The number of rotatable bonds is 53. The number of thioether (sulfide) groups is 2. The minimum Gasteiger partial charge on any atom is -0.379 e. The first-order valence-corrected chi connectivity index (χ1v) is 41.6. The third kappa shape index (κ3) is 29.2. The van der Waals surface area contributed by atoms with E-state index in [-0.39, 0.29) is 84.0 Å². The van der Waals surface area contributed by atoms with Gasteiger partial charge in [0.25, 0.3) is 0 Å². The van der Waals surface area contributed by atoms with Crippen molar-refractivity contribution >= 4 is 99.7 Å². The number of carbonyl (C=O) groups is 9. The number of ketones is 6. The molecule has 584 valence electrons. The van der Waals surface area contributed by atoms with Gasteiger partial charge in [-0.1, -0.05) is 12.8 Å². The highest BCUT2D eigenvalue weighted by atomic mass is 32.2. The number of ether oxygens (including phenoxy) is 6. The summed E-state index contributed by atoms with van der Waals surface area (Å²) in [6.07, 6.45) is 19.9. The van der Waals surface area contributed by atoms with E-state index in [0.717, 1.165) is 128 Å². The molecule has 5 N–H and O–H groups in total. The van der Waals surface area contributed by atoms with Gasteiger partial charge in [-0.25, -0.2) is 9.59 Å². The number of amides is 5. The van der Waals surface area contributed by atoms with Crippen molar-refractivity contribution < 1.29 is 71.6 Å². The van der Waals surface area contributed by atoms with E-state index in [1.807, 2.05) is 23.5 Å². The molecule has 0 saturated carbocycles. The van der Waals surface area contributed by atoms with Gasteiger partial charge >= 0.3 is 12.1 Å². The highest BCUT2D eigenvalue weighted by Gasteiger charge is 2.44. The van der Waals surface area contributed by atoms with Crippen LogP contribution in [0.25, 0.3) is 0 Å². The Labute approximate surface area is 629 Å². The first-order chi connectivity index (χ1) is 51.1. The molecule has 1 aromatic carbocycles. The van der Waals surface area contributed by atoms with E-state index in [2.05, 4.69) is 41.3 Å². The Hall–Kier alpha value is -5.88. The summed E-state index contributed by atoms with van der Waals surface area (Å²) in [5, 5.41) is 16.0. The number of nitrogens with one attached hydrogen (secondary N) is 5. The molecule has 7 saturated heterocycles. The van der Waals surface area contributed by atoms with Crippen LogP contribution in [0.1, 0.15) is 214 Å². The van der Waals surface area contributed by atoms with Crippen molar-refractivity contribution in [3.63, 3.8) is 0 Å². The minimum absolute atomic E-state index is 0.0678. The molecule has 6 atom stereocenters. The van der Waals surface area contributed by atoms with Crippen LogP contribution in [0.3, 0.4) is 0 Å². The average Bonchev–Trinajstić information content (AvgIpc) is 1.72. The van der Waals surface area contributed by atoms with Crippen molar-refractivity contribution in [2.45, 2.75) is 228 Å². The molecule has 7 fully saturated rings. The Kier molecular flexibility index (Phi) is 36.3. The quantitative estimate of drug-likeness (QED) is 0.0234. The van der Waals surface area contributed by atoms with Gasteiger partial charge in [-0.3, -0.25) is 24.0 Å². The van der Waals surface area contributed by atoms with Crippen LogP contribution in [-0.2, 0) is 52.4 Å². The SMILES string of the molecule is CC(=O)CC1CCN(c2nc(N3CCC(CC(C)=O)CC3)nc(N3CCC(C(=O)Nc4cc(C(=O)CCCCOCCOCCOCCCCC(=O)CCCCC5SCC6NC(=O)NC65)cc(C(=O)CCCCOCCOCCOCCCCC(=O)CCCCC5SCC6NC(=O)NC65)c4)CC3)n2)CC1. The molecule has 0 spiro atoms. The van der Waals surface area contributed by atoms with Crippen LogP contribution in [0.15, 0.2) is 18.2 Å². The maximum absolute atomic E-state index is 14.2. The number of fused-ring (bicyclic) bond motifs is 2. The second-order valence-electron chi connectivity index (χ2n) is 29.6. The topological polar surface area (TPSA) is 318 Å². The van der Waals surface area contributed by atoms with Crippen LogP contribution in [0.2, 0.25) is 0 Å². The van der Waals surface area contributed by atoms with Crippen molar-refractivity contribution in [2.24, 2.45) is 17.8 Å². The van der Waals surface area contributed by atoms with Crippen molar-refractivity contribution in [1.29, 1.82) is 0 Å². The summed E-state index contributed by atoms with van der Waals surface area (Å²) in [6, 6.07) is 5.73. The number of nitrogens with zero attached hydrogens (tertiary/aromatic N) is 6. The van der Waals surface area contributed by atoms with E-state index in [4.69, 9.17) is 43.4 Å². The van der Waals surface area contributed by atoms with E-state index >= 15 is 0 Å². The van der Waals surface area contributed by atoms with E-state index in [1.54, 1.807) is 32.0 Å². The Morgan fingerprint density at radius 3 is 1.12 bits per heavy atom. The summed E-state index contributed by atoms with van der Waals surface area (Å²) in [5.41, 5.74) is 1.12. The molecule has 6 unspecified atom stereocenters. The van der Waals surface area contributed by atoms with Gasteiger partial charge in [-0.15, -0.1) is 0 Å². The molecule has 26 nitrogen and oxygen atoms in total. The first kappa shape index (κ1) is 83.2. The van der Waals surface area contributed by atoms with Crippen molar-refractivity contribution in [1.82, 2.24) is 36.2 Å². The standard InChI is InChI=1S/C77H119N11O15S2/c1-54(89)47-56-23-29-86(30-24-56)73-83-74(87-31-25-57(26-32-87)48-55(2)90)85-75(84-73)88-33-27-58(28-34-88)72(95)78-61-50-59(66(93)19-9-13-37-100-41-45-102-43-39-98-35-11-7-17-62(91)15-3-5-21-68-70-64(52-104-68)79-76(96)81-70)49-60(51-61)67(94)20-10-14-38-101-42-46-103-44-40-99-36-12-8-18-63(92)16-4-6-22-69-71-65(53-105-69)80-77(97)82-71/h49-51,56-58,64-65,68-71H,3-48,52-53H2,1-2H3,(H,78,95)(H2,79,81,96)(H2,80,82,97). The number of unbranched alkanes of at least 4 members (excludes halogenated alkanes) is 6. The highest BCUT2D eigenvalue weighted by molar-refractivity contribution is 8.00.